The van der Waals surface area contributed by atoms with Crippen molar-refractivity contribution in [3.63, 3.8) is 0 Å². The first-order chi connectivity index (χ1) is 17.8. The maximum absolute atomic E-state index is 6.27. The van der Waals surface area contributed by atoms with E-state index in [1.54, 1.807) is 6.21 Å². The maximum atomic E-state index is 6.27. The highest BCUT2D eigenvalue weighted by Crippen LogP contribution is 2.23. The van der Waals surface area contributed by atoms with Gasteiger partial charge < -0.3 is 24.0 Å². The molecule has 2 aliphatic rings. The Hall–Kier alpha value is -3.40. The van der Waals surface area contributed by atoms with Crippen molar-refractivity contribution in [1.29, 1.82) is 0 Å². The Kier molecular flexibility index (Phi) is 8.12. The van der Waals surface area contributed by atoms with Crippen LogP contribution in [0.5, 0.6) is 5.75 Å². The van der Waals surface area contributed by atoms with Crippen LogP contribution in [0.1, 0.15) is 11.1 Å². The van der Waals surface area contributed by atoms with Crippen LogP contribution >= 0.6 is 11.6 Å². The van der Waals surface area contributed by atoms with Crippen LogP contribution in [-0.4, -0.2) is 68.8 Å². The molecule has 1 N–H and O–H groups in total. The molecule has 0 unspecified atom stereocenters. The van der Waals surface area contributed by atoms with E-state index in [0.717, 1.165) is 43.1 Å². The molecular formula is C26H29ClN6O3. The van der Waals surface area contributed by atoms with Gasteiger partial charge in [-0.25, -0.2) is 0 Å². The Morgan fingerprint density at radius 2 is 1.61 bits per heavy atom. The normalized spacial score (nSPS) is 16.4. The number of morpholine rings is 2. The predicted octanol–water partition coefficient (Wildman–Crippen LogP) is 3.83. The zero-order chi connectivity index (χ0) is 24.6. The zero-order valence-electron chi connectivity index (χ0n) is 20.0. The highest BCUT2D eigenvalue weighted by atomic mass is 35.5. The van der Waals surface area contributed by atoms with Gasteiger partial charge in [0.25, 0.3) is 0 Å². The van der Waals surface area contributed by atoms with Crippen LogP contribution in [0.25, 0.3) is 0 Å². The third-order valence-electron chi connectivity index (χ3n) is 5.97. The smallest absolute Gasteiger partial charge is 0.229 e. The van der Waals surface area contributed by atoms with E-state index in [-0.39, 0.29) is 0 Å². The summed E-state index contributed by atoms with van der Waals surface area (Å²) in [6.07, 6.45) is 1.73. The van der Waals surface area contributed by atoms with Crippen LogP contribution in [0, 0.1) is 0 Å². The molecule has 0 atom stereocenters. The third kappa shape index (κ3) is 6.23. The van der Waals surface area contributed by atoms with E-state index in [2.05, 4.69) is 20.3 Å². The first-order valence-electron chi connectivity index (χ1n) is 12.0. The summed E-state index contributed by atoms with van der Waals surface area (Å²) in [5.74, 6) is 2.87. The van der Waals surface area contributed by atoms with Crippen LogP contribution in [0.2, 0.25) is 5.02 Å². The lowest BCUT2D eigenvalue weighted by Gasteiger charge is -2.31. The molecular weight excluding hydrogens is 480 g/mol. The van der Waals surface area contributed by atoms with Crippen molar-refractivity contribution in [1.82, 2.24) is 9.97 Å². The van der Waals surface area contributed by atoms with Gasteiger partial charge in [0.05, 0.1) is 32.6 Å². The molecule has 1 aromatic heterocycles. The fourth-order valence-corrected chi connectivity index (χ4v) is 4.19. The molecule has 2 saturated heterocycles. The van der Waals surface area contributed by atoms with Crippen molar-refractivity contribution in [3.8, 4) is 5.75 Å². The molecule has 5 rings (SSSR count). The van der Waals surface area contributed by atoms with Gasteiger partial charge in [-0.2, -0.15) is 15.1 Å². The predicted molar refractivity (Wildman–Crippen MR) is 142 cm³/mol. The fourth-order valence-electron chi connectivity index (χ4n) is 4.00. The van der Waals surface area contributed by atoms with Crippen LogP contribution in [0.3, 0.4) is 0 Å². The first-order valence-corrected chi connectivity index (χ1v) is 12.4. The lowest BCUT2D eigenvalue weighted by Crippen LogP contribution is -2.39. The number of benzene rings is 2. The minimum atomic E-state index is 0.371. The maximum Gasteiger partial charge on any atom is 0.229 e. The van der Waals surface area contributed by atoms with Gasteiger partial charge in [-0.15, -0.1) is 0 Å². The number of halogens is 1. The average Bonchev–Trinajstić information content (AvgIpc) is 2.94. The minimum absolute atomic E-state index is 0.371. The van der Waals surface area contributed by atoms with Crippen molar-refractivity contribution in [2.45, 2.75) is 6.61 Å². The molecule has 2 fully saturated rings. The average molecular weight is 509 g/mol. The summed E-state index contributed by atoms with van der Waals surface area (Å²) in [6, 6.07) is 17.3. The molecule has 36 heavy (non-hydrogen) atoms. The molecule has 0 saturated carbocycles. The minimum Gasteiger partial charge on any atom is -0.488 e. The Morgan fingerprint density at radius 3 is 2.39 bits per heavy atom. The molecule has 0 radical (unpaired) electrons. The van der Waals surface area contributed by atoms with Gasteiger partial charge in [-0.05, 0) is 18.2 Å². The fraction of sp³-hybridized carbons (Fsp3) is 0.346. The van der Waals surface area contributed by atoms with E-state index in [1.807, 2.05) is 54.6 Å². The number of hydrogen-bond donors (Lipinski definition) is 1. The number of nitrogens with zero attached hydrogens (tertiary/aromatic N) is 5. The highest BCUT2D eigenvalue weighted by Gasteiger charge is 2.19. The first kappa shape index (κ1) is 24.3. The molecule has 3 heterocycles. The van der Waals surface area contributed by atoms with Crippen molar-refractivity contribution in [2.24, 2.45) is 5.10 Å². The molecule has 10 heteroatoms. The van der Waals surface area contributed by atoms with Crippen LogP contribution in [-0.2, 0) is 16.1 Å². The topological polar surface area (TPSA) is 84.3 Å². The second-order valence-corrected chi connectivity index (χ2v) is 8.81. The van der Waals surface area contributed by atoms with Crippen LogP contribution in [0.4, 0.5) is 17.6 Å². The lowest BCUT2D eigenvalue weighted by atomic mass is 10.2. The quantitative estimate of drug-likeness (QED) is 0.363. The largest absolute Gasteiger partial charge is 0.488 e. The molecule has 0 aliphatic carbocycles. The van der Waals surface area contributed by atoms with Gasteiger partial charge in [-0.1, -0.05) is 41.9 Å². The summed E-state index contributed by atoms with van der Waals surface area (Å²) in [5, 5.41) is 5.14. The Balaban J connectivity index is 1.32. The van der Waals surface area contributed by atoms with Gasteiger partial charge in [0.1, 0.15) is 18.2 Å². The third-order valence-corrected chi connectivity index (χ3v) is 6.34. The number of para-hydroxylation sites is 1. The standard InChI is InChI=1S/C26H29ClN6O3/c27-22-7-3-1-6-21(22)19-36-23-8-4-2-5-20(23)18-28-31-24-17-25(32-9-13-34-14-10-32)30-26(29-24)33-11-15-35-16-12-33/h1-8,17-18H,9-16,19H2,(H,29,30,31)/b28-18+. The Bertz CT molecular complexity index is 1150. The highest BCUT2D eigenvalue weighted by molar-refractivity contribution is 6.31. The molecule has 188 valence electrons. The second kappa shape index (κ2) is 12.0. The van der Waals surface area contributed by atoms with Crippen molar-refractivity contribution in [2.75, 3.05) is 67.8 Å². The van der Waals surface area contributed by atoms with Gasteiger partial charge in [-0.3, -0.25) is 5.43 Å². The van der Waals surface area contributed by atoms with Crippen LogP contribution < -0.4 is 20.0 Å². The number of ether oxygens (including phenoxy) is 3. The number of hydrogen-bond acceptors (Lipinski definition) is 9. The van der Waals surface area contributed by atoms with Gasteiger partial charge in [0.15, 0.2) is 5.82 Å². The summed E-state index contributed by atoms with van der Waals surface area (Å²) in [5.41, 5.74) is 4.86. The molecule has 0 amide bonds. The van der Waals surface area contributed by atoms with Gasteiger partial charge in [0, 0.05) is 48.4 Å². The van der Waals surface area contributed by atoms with Gasteiger partial charge in [0.2, 0.25) is 5.95 Å². The van der Waals surface area contributed by atoms with E-state index >= 15 is 0 Å². The summed E-state index contributed by atoms with van der Waals surface area (Å²) < 4.78 is 17.0. The number of anilines is 3. The van der Waals surface area contributed by atoms with E-state index in [1.165, 1.54) is 0 Å². The summed E-state index contributed by atoms with van der Waals surface area (Å²) >= 11 is 6.27. The molecule has 3 aromatic rings. The lowest BCUT2D eigenvalue weighted by molar-refractivity contribution is 0.121. The van der Waals surface area contributed by atoms with E-state index < -0.39 is 0 Å². The number of hydrazone groups is 1. The van der Waals surface area contributed by atoms with Gasteiger partial charge >= 0.3 is 0 Å². The molecule has 2 aromatic carbocycles. The van der Waals surface area contributed by atoms with Crippen molar-refractivity contribution >= 4 is 35.4 Å². The Morgan fingerprint density at radius 1 is 0.917 bits per heavy atom. The number of nitrogens with one attached hydrogen (secondary N) is 1. The molecule has 0 bridgehead atoms. The molecule has 2 aliphatic heterocycles. The molecule has 0 spiro atoms. The summed E-state index contributed by atoms with van der Waals surface area (Å²) in [7, 11) is 0. The Labute approximate surface area is 215 Å². The van der Waals surface area contributed by atoms with Crippen LogP contribution in [0.15, 0.2) is 59.7 Å². The molecule has 9 nitrogen and oxygen atoms in total. The SMILES string of the molecule is Clc1ccccc1COc1ccccc1/C=N/Nc1cc(N2CCOCC2)nc(N2CCOCC2)n1. The summed E-state index contributed by atoms with van der Waals surface area (Å²) in [4.78, 5) is 13.9. The monoisotopic (exact) mass is 508 g/mol. The van der Waals surface area contributed by atoms with Crippen molar-refractivity contribution in [3.05, 3.63) is 70.7 Å². The van der Waals surface area contributed by atoms with E-state index in [0.29, 0.717) is 55.6 Å². The number of aromatic nitrogens is 2. The second-order valence-electron chi connectivity index (χ2n) is 8.40. The zero-order valence-corrected chi connectivity index (χ0v) is 20.7. The van der Waals surface area contributed by atoms with Crippen molar-refractivity contribution < 1.29 is 14.2 Å². The van der Waals surface area contributed by atoms with E-state index in [9.17, 15) is 0 Å². The van der Waals surface area contributed by atoms with E-state index in [4.69, 9.17) is 35.8 Å². The number of rotatable bonds is 8. The summed E-state index contributed by atoms with van der Waals surface area (Å²) in [6.45, 7) is 6.16.